The van der Waals surface area contributed by atoms with E-state index in [0.29, 0.717) is 13.2 Å². The maximum Gasteiger partial charge on any atom is 0.337 e. The van der Waals surface area contributed by atoms with E-state index in [4.69, 9.17) is 14.2 Å². The molecule has 0 aromatic heterocycles. The van der Waals surface area contributed by atoms with E-state index in [2.05, 4.69) is 0 Å². The van der Waals surface area contributed by atoms with Crippen LogP contribution in [0.15, 0.2) is 11.3 Å². The number of carbonyl (C=O) groups is 1. The van der Waals surface area contributed by atoms with E-state index in [1.165, 1.54) is 38.5 Å². The second-order valence-corrected chi connectivity index (χ2v) is 6.27. The quantitative estimate of drug-likeness (QED) is 0.739. The summed E-state index contributed by atoms with van der Waals surface area (Å²) in [6.45, 7) is 2.82. The van der Waals surface area contributed by atoms with Crippen LogP contribution < -0.4 is 0 Å². The Morgan fingerprint density at radius 3 is 2.50 bits per heavy atom. The topological polar surface area (TPSA) is 44.8 Å². The molecule has 4 heteroatoms. The smallest absolute Gasteiger partial charge is 0.337 e. The summed E-state index contributed by atoms with van der Waals surface area (Å²) in [6.07, 6.45) is 10.4. The summed E-state index contributed by atoms with van der Waals surface area (Å²) in [6, 6.07) is 0. The molecule has 0 aromatic carbocycles. The van der Waals surface area contributed by atoms with Crippen LogP contribution in [0.2, 0.25) is 0 Å². The van der Waals surface area contributed by atoms with Crippen LogP contribution in [-0.4, -0.2) is 32.4 Å². The van der Waals surface area contributed by atoms with Crippen LogP contribution in [0, 0.1) is 5.92 Å². The van der Waals surface area contributed by atoms with Crippen molar-refractivity contribution in [2.24, 2.45) is 5.92 Å². The standard InChI is InChI=1S/C18H30O4/c1-3-21-18(19)15-12-10-8-6-4-5-7-9-11-14-16(20-2)13-22-17(14)15/h14,16H,3-13H2,1-2H3/b17-15-/t14-,16-/m0/s1. The first kappa shape index (κ1) is 17.3. The molecule has 22 heavy (non-hydrogen) atoms. The number of carbonyl (C=O) groups excluding carboxylic acids is 1. The van der Waals surface area contributed by atoms with Crippen molar-refractivity contribution in [1.29, 1.82) is 0 Å². The van der Waals surface area contributed by atoms with Gasteiger partial charge in [-0.2, -0.15) is 0 Å². The highest BCUT2D eigenvalue weighted by Crippen LogP contribution is 2.36. The Bertz CT molecular complexity index is 389. The summed E-state index contributed by atoms with van der Waals surface area (Å²) in [5.74, 6) is 0.867. The summed E-state index contributed by atoms with van der Waals surface area (Å²) in [4.78, 5) is 12.4. The second kappa shape index (κ2) is 9.19. The third-order valence-electron chi connectivity index (χ3n) is 4.75. The van der Waals surface area contributed by atoms with Crippen LogP contribution >= 0.6 is 0 Å². The zero-order chi connectivity index (χ0) is 15.8. The van der Waals surface area contributed by atoms with E-state index in [0.717, 1.165) is 30.6 Å². The SMILES string of the molecule is CCOC(=O)/C1=C2\OC[C@H](OC)[C@@H]2CCCCCCCCC1. The van der Waals surface area contributed by atoms with E-state index in [1.807, 2.05) is 6.92 Å². The molecule has 1 fully saturated rings. The van der Waals surface area contributed by atoms with Crippen molar-refractivity contribution in [2.45, 2.75) is 70.8 Å². The number of methoxy groups -OCH3 is 1. The maximum atomic E-state index is 12.4. The third kappa shape index (κ3) is 4.48. The first-order valence-corrected chi connectivity index (χ1v) is 8.83. The predicted molar refractivity (Wildman–Crippen MR) is 85.5 cm³/mol. The average molecular weight is 310 g/mol. The fourth-order valence-corrected chi connectivity index (χ4v) is 3.52. The molecule has 0 aromatic rings. The molecule has 2 aliphatic rings. The lowest BCUT2D eigenvalue weighted by atomic mass is 9.90. The molecule has 0 saturated carbocycles. The van der Waals surface area contributed by atoms with Gasteiger partial charge in [0.1, 0.15) is 18.5 Å². The van der Waals surface area contributed by atoms with Gasteiger partial charge in [0, 0.05) is 13.0 Å². The number of rotatable bonds is 3. The zero-order valence-electron chi connectivity index (χ0n) is 14.1. The summed E-state index contributed by atoms with van der Waals surface area (Å²) in [7, 11) is 1.73. The van der Waals surface area contributed by atoms with Crippen molar-refractivity contribution in [3.8, 4) is 0 Å². The van der Waals surface area contributed by atoms with E-state index < -0.39 is 0 Å². The monoisotopic (exact) mass is 310 g/mol. The molecular weight excluding hydrogens is 280 g/mol. The van der Waals surface area contributed by atoms with Gasteiger partial charge in [-0.3, -0.25) is 0 Å². The number of esters is 1. The van der Waals surface area contributed by atoms with Crippen LogP contribution in [0.1, 0.15) is 64.7 Å². The molecule has 1 saturated heterocycles. The number of hydrogen-bond acceptors (Lipinski definition) is 4. The van der Waals surface area contributed by atoms with Crippen LogP contribution in [-0.2, 0) is 19.0 Å². The van der Waals surface area contributed by atoms with Gasteiger partial charge in [0.05, 0.1) is 12.2 Å². The highest BCUT2D eigenvalue weighted by atomic mass is 16.6. The number of fused-ring (bicyclic) bond motifs is 1. The van der Waals surface area contributed by atoms with Crippen molar-refractivity contribution >= 4 is 5.97 Å². The maximum absolute atomic E-state index is 12.4. The van der Waals surface area contributed by atoms with Gasteiger partial charge in [-0.1, -0.05) is 38.5 Å². The van der Waals surface area contributed by atoms with Crippen molar-refractivity contribution < 1.29 is 19.0 Å². The lowest BCUT2D eigenvalue weighted by molar-refractivity contribution is -0.139. The lowest BCUT2D eigenvalue weighted by Gasteiger charge is -2.19. The first-order chi connectivity index (χ1) is 10.8. The van der Waals surface area contributed by atoms with Crippen LogP contribution in [0.25, 0.3) is 0 Å². The van der Waals surface area contributed by atoms with Gasteiger partial charge in [0.2, 0.25) is 0 Å². The Kier molecular flexibility index (Phi) is 7.23. The molecule has 0 radical (unpaired) electrons. The zero-order valence-corrected chi connectivity index (χ0v) is 14.1. The van der Waals surface area contributed by atoms with Crippen LogP contribution in [0.4, 0.5) is 0 Å². The second-order valence-electron chi connectivity index (χ2n) is 6.27. The molecule has 1 aliphatic heterocycles. The van der Waals surface area contributed by atoms with Gasteiger partial charge in [-0.25, -0.2) is 4.79 Å². The first-order valence-electron chi connectivity index (χ1n) is 8.83. The fraction of sp³-hybridized carbons (Fsp3) is 0.833. The Balaban J connectivity index is 2.22. The van der Waals surface area contributed by atoms with E-state index in [9.17, 15) is 4.79 Å². The number of ether oxygens (including phenoxy) is 3. The van der Waals surface area contributed by atoms with Gasteiger partial charge >= 0.3 is 5.97 Å². The van der Waals surface area contributed by atoms with Gasteiger partial charge in [0.25, 0.3) is 0 Å². The van der Waals surface area contributed by atoms with E-state index in [-0.39, 0.29) is 18.0 Å². The molecule has 1 aliphatic carbocycles. The summed E-state index contributed by atoms with van der Waals surface area (Å²) in [5.41, 5.74) is 0.756. The minimum Gasteiger partial charge on any atom is -0.494 e. The Labute approximate surface area is 134 Å². The molecule has 126 valence electrons. The molecule has 0 amide bonds. The van der Waals surface area contributed by atoms with Gasteiger partial charge in [-0.15, -0.1) is 0 Å². The Morgan fingerprint density at radius 1 is 1.14 bits per heavy atom. The molecule has 0 unspecified atom stereocenters. The minimum absolute atomic E-state index is 0.0716. The molecule has 4 nitrogen and oxygen atoms in total. The molecule has 0 spiro atoms. The fourth-order valence-electron chi connectivity index (χ4n) is 3.52. The summed E-state index contributed by atoms with van der Waals surface area (Å²) < 4.78 is 16.7. The normalized spacial score (nSPS) is 30.6. The largest absolute Gasteiger partial charge is 0.494 e. The summed E-state index contributed by atoms with van der Waals surface area (Å²) in [5, 5.41) is 0. The van der Waals surface area contributed by atoms with Crippen molar-refractivity contribution in [2.75, 3.05) is 20.3 Å². The Morgan fingerprint density at radius 2 is 1.82 bits per heavy atom. The van der Waals surface area contributed by atoms with Gasteiger partial charge in [-0.05, 0) is 26.2 Å². The van der Waals surface area contributed by atoms with Crippen molar-refractivity contribution in [3.63, 3.8) is 0 Å². The molecule has 0 N–H and O–H groups in total. The van der Waals surface area contributed by atoms with Crippen LogP contribution in [0.3, 0.4) is 0 Å². The summed E-state index contributed by atoms with van der Waals surface area (Å²) >= 11 is 0. The predicted octanol–water partition coefficient (Wildman–Crippen LogP) is 3.99. The highest BCUT2D eigenvalue weighted by Gasteiger charge is 2.37. The molecular formula is C18H30O4. The minimum atomic E-state index is -0.198. The average Bonchev–Trinajstić information content (AvgIpc) is 2.90. The van der Waals surface area contributed by atoms with Crippen LogP contribution in [0.5, 0.6) is 0 Å². The molecule has 2 rings (SSSR count). The van der Waals surface area contributed by atoms with Crippen molar-refractivity contribution in [3.05, 3.63) is 11.3 Å². The van der Waals surface area contributed by atoms with Gasteiger partial charge < -0.3 is 14.2 Å². The number of hydrogen-bond donors (Lipinski definition) is 0. The highest BCUT2D eigenvalue weighted by molar-refractivity contribution is 5.89. The third-order valence-corrected chi connectivity index (χ3v) is 4.75. The van der Waals surface area contributed by atoms with Gasteiger partial charge in [0.15, 0.2) is 0 Å². The molecule has 0 bridgehead atoms. The molecule has 1 heterocycles. The molecule has 2 atom stereocenters. The van der Waals surface area contributed by atoms with E-state index >= 15 is 0 Å². The van der Waals surface area contributed by atoms with E-state index in [1.54, 1.807) is 7.11 Å². The Hall–Kier alpha value is -1.03. The van der Waals surface area contributed by atoms with Crippen molar-refractivity contribution in [1.82, 2.24) is 0 Å². The lowest BCUT2D eigenvalue weighted by Crippen LogP contribution is -2.22.